The number of rotatable bonds is 9. The summed E-state index contributed by atoms with van der Waals surface area (Å²) in [7, 11) is 1.37. The molecular formula is C32H30F2N8O7. The molecule has 1 aliphatic carbocycles. The van der Waals surface area contributed by atoms with Gasteiger partial charge in [0.2, 0.25) is 17.2 Å². The number of nitrogens with zero attached hydrogens (tertiary/aromatic N) is 8. The molecule has 1 saturated heterocycles. The molecule has 2 fully saturated rings. The van der Waals surface area contributed by atoms with Crippen molar-refractivity contribution in [3.63, 3.8) is 0 Å². The van der Waals surface area contributed by atoms with Crippen LogP contribution in [0.5, 0.6) is 11.6 Å². The van der Waals surface area contributed by atoms with Gasteiger partial charge in [-0.3, -0.25) is 9.59 Å². The van der Waals surface area contributed by atoms with E-state index in [9.17, 15) is 33.9 Å². The minimum atomic E-state index is -1.39. The highest BCUT2D eigenvalue weighted by atomic mass is 19.1. The molecule has 0 spiro atoms. The molecule has 2 aromatic carbocycles. The number of carbonyl (C=O) groups excluding carboxylic acids is 1. The van der Waals surface area contributed by atoms with Gasteiger partial charge in [0, 0.05) is 43.3 Å². The van der Waals surface area contributed by atoms with Gasteiger partial charge in [0.25, 0.3) is 0 Å². The van der Waals surface area contributed by atoms with Crippen LogP contribution >= 0.6 is 0 Å². The normalized spacial score (nSPS) is 16.4. The van der Waals surface area contributed by atoms with Crippen LogP contribution in [0.15, 0.2) is 46.6 Å². The maximum Gasteiger partial charge on any atom is 0.341 e. The third-order valence-corrected chi connectivity index (χ3v) is 9.10. The highest BCUT2D eigenvalue weighted by Crippen LogP contribution is 2.44. The van der Waals surface area contributed by atoms with Gasteiger partial charge in [-0.05, 0) is 49.2 Å². The molecule has 1 aliphatic heterocycles. The third kappa shape index (κ3) is 5.40. The summed E-state index contributed by atoms with van der Waals surface area (Å²) in [6.07, 6.45) is 4.38. The number of benzene rings is 2. The van der Waals surface area contributed by atoms with Gasteiger partial charge in [0.05, 0.1) is 36.3 Å². The van der Waals surface area contributed by atoms with E-state index < -0.39 is 34.5 Å². The van der Waals surface area contributed by atoms with Crippen LogP contribution in [-0.2, 0) is 17.9 Å². The fourth-order valence-electron chi connectivity index (χ4n) is 6.68. The SMILES string of the molecule is COc1c(N2CCN(C(=O)Cn3cc(Cn4c(O)c(N=O)c5cc(F)ccc54)nn3)C(C)C2)c(F)cc2c(=O)c(C(=O)O)cn(C3CC3)c12. The maximum atomic E-state index is 15.8. The Hall–Kier alpha value is -5.87. The minimum Gasteiger partial charge on any atom is -0.493 e. The van der Waals surface area contributed by atoms with Crippen LogP contribution in [0.3, 0.4) is 0 Å². The smallest absolute Gasteiger partial charge is 0.341 e. The first-order valence-corrected chi connectivity index (χ1v) is 15.5. The summed E-state index contributed by atoms with van der Waals surface area (Å²) in [4.78, 5) is 53.0. The van der Waals surface area contributed by atoms with Crippen LogP contribution in [0, 0.1) is 16.5 Å². The van der Waals surface area contributed by atoms with Crippen molar-refractivity contribution in [3.8, 4) is 11.6 Å². The van der Waals surface area contributed by atoms with Crippen LogP contribution in [0.25, 0.3) is 21.8 Å². The fraction of sp³-hybridized carbons (Fsp3) is 0.344. The first kappa shape index (κ1) is 31.7. The second-order valence-corrected chi connectivity index (χ2v) is 12.3. The zero-order valence-corrected chi connectivity index (χ0v) is 26.3. The number of piperazine rings is 1. The lowest BCUT2D eigenvalue weighted by molar-refractivity contribution is -0.134. The van der Waals surface area contributed by atoms with E-state index in [-0.39, 0.29) is 78.6 Å². The number of halogens is 2. The van der Waals surface area contributed by atoms with Gasteiger partial charge in [0.15, 0.2) is 17.3 Å². The molecule has 254 valence electrons. The second-order valence-electron chi connectivity index (χ2n) is 12.3. The van der Waals surface area contributed by atoms with Gasteiger partial charge in [-0.2, -0.15) is 0 Å². The average Bonchev–Trinajstić information content (AvgIpc) is 3.76. The van der Waals surface area contributed by atoms with Gasteiger partial charge < -0.3 is 33.9 Å². The van der Waals surface area contributed by atoms with Crippen molar-refractivity contribution < 1.29 is 33.3 Å². The number of methoxy groups -OCH3 is 1. The zero-order valence-electron chi connectivity index (χ0n) is 26.3. The van der Waals surface area contributed by atoms with Gasteiger partial charge in [-0.25, -0.2) is 18.3 Å². The van der Waals surface area contributed by atoms with Crippen molar-refractivity contribution in [1.29, 1.82) is 0 Å². The number of carboxylic acids is 1. The summed E-state index contributed by atoms with van der Waals surface area (Å²) in [6, 6.07) is 4.36. The monoisotopic (exact) mass is 676 g/mol. The summed E-state index contributed by atoms with van der Waals surface area (Å²) in [5.41, 5.74) is -0.341. The molecule has 15 nitrogen and oxygen atoms in total. The Morgan fingerprint density at radius 3 is 2.57 bits per heavy atom. The third-order valence-electron chi connectivity index (χ3n) is 9.10. The molecule has 0 radical (unpaired) electrons. The van der Waals surface area contributed by atoms with Crippen molar-refractivity contribution in [3.05, 3.63) is 74.7 Å². The number of pyridine rings is 1. The lowest BCUT2D eigenvalue weighted by Gasteiger charge is -2.41. The Labute approximate surface area is 275 Å². The Kier molecular flexibility index (Phi) is 7.75. The lowest BCUT2D eigenvalue weighted by Crippen LogP contribution is -2.55. The van der Waals surface area contributed by atoms with E-state index in [1.165, 1.54) is 40.9 Å². The molecule has 4 heterocycles. The standard InChI is InChI=1S/C32H30F2N8O7/c1-16-11-38(28-23(34)10-21-27(30(28)49-2)41(19-4-5-19)14-22(29(21)44)32(46)47)7-8-40(16)25(43)15-39-12-18(35-37-39)13-42-24-6-3-17(33)9-20(24)26(36-48)31(42)45/h3,6,9-10,12,14,16,19,45H,4-5,7-8,11,13,15H2,1-2H3,(H,46,47). The summed E-state index contributed by atoms with van der Waals surface area (Å²) >= 11 is 0. The number of aromatic carboxylic acids is 1. The van der Waals surface area contributed by atoms with Crippen molar-refractivity contribution in [2.45, 2.75) is 44.9 Å². The molecule has 49 heavy (non-hydrogen) atoms. The van der Waals surface area contributed by atoms with Crippen LogP contribution < -0.4 is 15.1 Å². The molecular weight excluding hydrogens is 646 g/mol. The summed E-state index contributed by atoms with van der Waals surface area (Å²) in [5, 5.41) is 31.2. The van der Waals surface area contributed by atoms with Gasteiger partial charge >= 0.3 is 5.97 Å². The Morgan fingerprint density at radius 1 is 1.12 bits per heavy atom. The number of anilines is 1. The van der Waals surface area contributed by atoms with Crippen LogP contribution in [-0.4, -0.2) is 83.9 Å². The summed E-state index contributed by atoms with van der Waals surface area (Å²) in [5.74, 6) is -3.31. The van der Waals surface area contributed by atoms with E-state index in [0.29, 0.717) is 16.7 Å². The van der Waals surface area contributed by atoms with E-state index in [0.717, 1.165) is 25.0 Å². The quantitative estimate of drug-likeness (QED) is 0.219. The number of aromatic hydroxyl groups is 1. The number of carbonyl (C=O) groups is 2. The molecule has 1 amide bonds. The minimum absolute atomic E-state index is 0.0297. The van der Waals surface area contributed by atoms with Gasteiger partial charge in [0.1, 0.15) is 29.3 Å². The molecule has 1 unspecified atom stereocenters. The van der Waals surface area contributed by atoms with Crippen LogP contribution in [0.4, 0.5) is 20.2 Å². The predicted molar refractivity (Wildman–Crippen MR) is 171 cm³/mol. The molecule has 1 saturated carbocycles. The zero-order chi connectivity index (χ0) is 34.7. The molecule has 3 aromatic heterocycles. The van der Waals surface area contributed by atoms with Gasteiger partial charge in [-0.15, -0.1) is 10.0 Å². The topological polar surface area (TPSA) is 177 Å². The highest BCUT2D eigenvalue weighted by molar-refractivity contribution is 5.97. The van der Waals surface area contributed by atoms with E-state index in [4.69, 9.17) is 4.74 Å². The molecule has 2 N–H and O–H groups in total. The summed E-state index contributed by atoms with van der Waals surface area (Å²) < 4.78 is 39.7. The number of carboxylic acid groups (broad SMARTS) is 1. The number of nitroso groups, excluding NO2 is 1. The van der Waals surface area contributed by atoms with E-state index in [1.54, 1.807) is 14.4 Å². The Balaban J connectivity index is 1.09. The number of hydrogen-bond acceptors (Lipinski definition) is 10. The molecule has 2 aliphatic rings. The fourth-order valence-corrected chi connectivity index (χ4v) is 6.68. The predicted octanol–water partition coefficient (Wildman–Crippen LogP) is 3.76. The first-order chi connectivity index (χ1) is 23.5. The molecule has 5 aromatic rings. The number of fused-ring (bicyclic) bond motifs is 2. The van der Waals surface area contributed by atoms with E-state index in [2.05, 4.69) is 15.5 Å². The first-order valence-electron chi connectivity index (χ1n) is 15.5. The lowest BCUT2D eigenvalue weighted by atomic mass is 10.1. The van der Waals surface area contributed by atoms with E-state index >= 15 is 4.39 Å². The van der Waals surface area contributed by atoms with Crippen molar-refractivity contribution in [1.82, 2.24) is 29.0 Å². The number of hydrogen-bond donors (Lipinski definition) is 2. The van der Waals surface area contributed by atoms with Gasteiger partial charge in [-0.1, -0.05) is 5.21 Å². The van der Waals surface area contributed by atoms with Crippen molar-refractivity contribution in [2.75, 3.05) is 31.6 Å². The Morgan fingerprint density at radius 2 is 1.90 bits per heavy atom. The molecule has 1 atom stereocenters. The highest BCUT2D eigenvalue weighted by Gasteiger charge is 2.34. The number of aromatic nitrogens is 5. The van der Waals surface area contributed by atoms with Crippen molar-refractivity contribution >= 4 is 45.1 Å². The van der Waals surface area contributed by atoms with Crippen LogP contribution in [0.2, 0.25) is 0 Å². The maximum absolute atomic E-state index is 15.8. The Bertz CT molecular complexity index is 2240. The van der Waals surface area contributed by atoms with E-state index in [1.807, 2.05) is 6.92 Å². The van der Waals surface area contributed by atoms with Crippen molar-refractivity contribution in [2.24, 2.45) is 5.18 Å². The van der Waals surface area contributed by atoms with Crippen LogP contribution in [0.1, 0.15) is 41.9 Å². The molecule has 7 rings (SSSR count). The second kappa shape index (κ2) is 12.0. The summed E-state index contributed by atoms with van der Waals surface area (Å²) in [6.45, 7) is 2.35. The number of ether oxygens (including phenoxy) is 1. The number of amides is 1. The molecule has 17 heteroatoms. The molecule has 0 bridgehead atoms. The average molecular weight is 677 g/mol. The largest absolute Gasteiger partial charge is 0.493 e.